The van der Waals surface area contributed by atoms with Gasteiger partial charge in [-0.3, -0.25) is 0 Å². The van der Waals surface area contributed by atoms with Crippen LogP contribution in [0.25, 0.3) is 0 Å². The first kappa shape index (κ1) is 8.38. The maximum atomic E-state index is 9.69. The molecule has 0 amide bonds. The fraction of sp³-hybridized carbons (Fsp3) is 0.400. The Morgan fingerprint density at radius 1 is 1.23 bits per heavy atom. The molecule has 13 heavy (non-hydrogen) atoms. The normalized spacial score (nSPS) is 18.5. The van der Waals surface area contributed by atoms with Crippen LogP contribution in [0.1, 0.15) is 24.5 Å². The quantitative estimate of drug-likeness (QED) is 0.605. The Hall–Kier alpha value is -1.22. The number of phenols is 2. The fourth-order valence-electron chi connectivity index (χ4n) is 1.45. The monoisotopic (exact) mass is 180 g/mol. The molecule has 1 aromatic carbocycles. The van der Waals surface area contributed by atoms with E-state index < -0.39 is 6.10 Å². The van der Waals surface area contributed by atoms with E-state index in [4.69, 9.17) is 0 Å². The Labute approximate surface area is 76.3 Å². The molecule has 0 aliphatic heterocycles. The molecule has 0 saturated heterocycles. The van der Waals surface area contributed by atoms with Gasteiger partial charge in [-0.05, 0) is 24.8 Å². The van der Waals surface area contributed by atoms with Gasteiger partial charge < -0.3 is 15.3 Å². The van der Waals surface area contributed by atoms with Crippen LogP contribution in [0.3, 0.4) is 0 Å². The van der Waals surface area contributed by atoms with Gasteiger partial charge in [-0.1, -0.05) is 12.1 Å². The van der Waals surface area contributed by atoms with Gasteiger partial charge in [-0.15, -0.1) is 0 Å². The average Bonchev–Trinajstić information content (AvgIpc) is 2.91. The SMILES string of the molecule is Oc1cccc(C(O)C2CC2)c1O. The molecule has 0 spiro atoms. The second-order valence-electron chi connectivity index (χ2n) is 3.50. The molecule has 3 N–H and O–H groups in total. The van der Waals surface area contributed by atoms with Crippen LogP contribution >= 0.6 is 0 Å². The zero-order valence-electron chi connectivity index (χ0n) is 7.14. The second kappa shape index (κ2) is 2.92. The van der Waals surface area contributed by atoms with Crippen molar-refractivity contribution in [1.29, 1.82) is 0 Å². The number of hydrogen-bond donors (Lipinski definition) is 3. The first-order chi connectivity index (χ1) is 6.20. The summed E-state index contributed by atoms with van der Waals surface area (Å²) in [6.45, 7) is 0. The van der Waals surface area contributed by atoms with Crippen LogP contribution in [0.5, 0.6) is 11.5 Å². The predicted octanol–water partition coefficient (Wildman–Crippen LogP) is 1.54. The average molecular weight is 180 g/mol. The molecule has 1 unspecified atom stereocenters. The summed E-state index contributed by atoms with van der Waals surface area (Å²) in [4.78, 5) is 0. The van der Waals surface area contributed by atoms with Gasteiger partial charge in [0.15, 0.2) is 11.5 Å². The molecule has 1 fully saturated rings. The van der Waals surface area contributed by atoms with Crippen molar-refractivity contribution in [2.75, 3.05) is 0 Å². The third-order valence-electron chi connectivity index (χ3n) is 2.43. The number of para-hydroxylation sites is 1. The highest BCUT2D eigenvalue weighted by Crippen LogP contribution is 2.44. The Morgan fingerprint density at radius 2 is 1.92 bits per heavy atom. The lowest BCUT2D eigenvalue weighted by Crippen LogP contribution is -1.99. The zero-order chi connectivity index (χ0) is 9.42. The van der Waals surface area contributed by atoms with Crippen LogP contribution in [-0.2, 0) is 0 Å². The maximum Gasteiger partial charge on any atom is 0.163 e. The summed E-state index contributed by atoms with van der Waals surface area (Å²) in [6.07, 6.45) is 1.36. The van der Waals surface area contributed by atoms with E-state index in [1.54, 1.807) is 12.1 Å². The molecule has 0 bridgehead atoms. The summed E-state index contributed by atoms with van der Waals surface area (Å²) in [5.41, 5.74) is 0.433. The van der Waals surface area contributed by atoms with E-state index in [0.29, 0.717) is 5.56 Å². The van der Waals surface area contributed by atoms with Crippen LogP contribution in [0.4, 0.5) is 0 Å². The van der Waals surface area contributed by atoms with Crippen LogP contribution in [-0.4, -0.2) is 15.3 Å². The largest absolute Gasteiger partial charge is 0.504 e. The molecule has 1 atom stereocenters. The zero-order valence-corrected chi connectivity index (χ0v) is 7.14. The van der Waals surface area contributed by atoms with Crippen LogP contribution < -0.4 is 0 Å². The van der Waals surface area contributed by atoms with Gasteiger partial charge in [0.25, 0.3) is 0 Å². The lowest BCUT2D eigenvalue weighted by molar-refractivity contribution is 0.149. The van der Waals surface area contributed by atoms with Crippen molar-refractivity contribution in [2.45, 2.75) is 18.9 Å². The standard InChI is InChI=1S/C10H12O3/c11-8-3-1-2-7(10(8)13)9(12)6-4-5-6/h1-3,6,9,11-13H,4-5H2. The van der Waals surface area contributed by atoms with Crippen molar-refractivity contribution in [2.24, 2.45) is 5.92 Å². The van der Waals surface area contributed by atoms with Gasteiger partial charge in [-0.25, -0.2) is 0 Å². The highest BCUT2D eigenvalue weighted by atomic mass is 16.3. The van der Waals surface area contributed by atoms with E-state index >= 15 is 0 Å². The van der Waals surface area contributed by atoms with Gasteiger partial charge in [0.05, 0.1) is 6.10 Å². The molecular weight excluding hydrogens is 168 g/mol. The minimum absolute atomic E-state index is 0.169. The number of aliphatic hydroxyl groups excluding tert-OH is 1. The minimum Gasteiger partial charge on any atom is -0.504 e. The molecule has 1 aliphatic carbocycles. The second-order valence-corrected chi connectivity index (χ2v) is 3.50. The molecule has 2 rings (SSSR count). The van der Waals surface area contributed by atoms with Crippen LogP contribution in [0.2, 0.25) is 0 Å². The molecule has 1 aliphatic rings. The van der Waals surface area contributed by atoms with Gasteiger partial charge in [0.1, 0.15) is 0 Å². The number of aliphatic hydroxyl groups is 1. The summed E-state index contributed by atoms with van der Waals surface area (Å²) < 4.78 is 0. The smallest absolute Gasteiger partial charge is 0.163 e. The predicted molar refractivity (Wildman–Crippen MR) is 47.5 cm³/mol. The Morgan fingerprint density at radius 3 is 2.54 bits per heavy atom. The van der Waals surface area contributed by atoms with E-state index in [0.717, 1.165) is 12.8 Å². The van der Waals surface area contributed by atoms with E-state index in [9.17, 15) is 15.3 Å². The number of phenolic OH excluding ortho intramolecular Hbond substituents is 2. The molecular formula is C10H12O3. The van der Waals surface area contributed by atoms with Crippen LogP contribution in [0.15, 0.2) is 18.2 Å². The Kier molecular flexibility index (Phi) is 1.88. The molecule has 3 heteroatoms. The number of aromatic hydroxyl groups is 2. The highest BCUT2D eigenvalue weighted by molar-refractivity contribution is 5.45. The van der Waals surface area contributed by atoms with E-state index in [2.05, 4.69) is 0 Å². The van der Waals surface area contributed by atoms with E-state index in [1.165, 1.54) is 6.07 Å². The summed E-state index contributed by atoms with van der Waals surface area (Å²) in [7, 11) is 0. The van der Waals surface area contributed by atoms with E-state index in [-0.39, 0.29) is 17.4 Å². The number of rotatable bonds is 2. The molecule has 1 saturated carbocycles. The first-order valence-corrected chi connectivity index (χ1v) is 4.39. The van der Waals surface area contributed by atoms with Gasteiger partial charge in [-0.2, -0.15) is 0 Å². The van der Waals surface area contributed by atoms with Crippen molar-refractivity contribution >= 4 is 0 Å². The molecule has 70 valence electrons. The fourth-order valence-corrected chi connectivity index (χ4v) is 1.45. The van der Waals surface area contributed by atoms with Gasteiger partial charge in [0.2, 0.25) is 0 Å². The maximum absolute atomic E-state index is 9.69. The highest BCUT2D eigenvalue weighted by Gasteiger charge is 2.32. The van der Waals surface area contributed by atoms with Crippen molar-refractivity contribution in [1.82, 2.24) is 0 Å². The van der Waals surface area contributed by atoms with Crippen LogP contribution in [0, 0.1) is 5.92 Å². The molecule has 0 heterocycles. The van der Waals surface area contributed by atoms with Crippen molar-refractivity contribution in [3.05, 3.63) is 23.8 Å². The molecule has 0 aromatic heterocycles. The Balaban J connectivity index is 2.32. The van der Waals surface area contributed by atoms with E-state index in [1.807, 2.05) is 0 Å². The van der Waals surface area contributed by atoms with Crippen molar-refractivity contribution < 1.29 is 15.3 Å². The molecule has 0 radical (unpaired) electrons. The minimum atomic E-state index is -0.632. The van der Waals surface area contributed by atoms with Crippen molar-refractivity contribution in [3.63, 3.8) is 0 Å². The number of benzene rings is 1. The molecule has 1 aromatic rings. The summed E-state index contributed by atoms with van der Waals surface area (Å²) in [5.74, 6) is -0.105. The van der Waals surface area contributed by atoms with Gasteiger partial charge in [0, 0.05) is 5.56 Å². The topological polar surface area (TPSA) is 60.7 Å². The molecule has 3 nitrogen and oxygen atoms in total. The third-order valence-corrected chi connectivity index (χ3v) is 2.43. The summed E-state index contributed by atoms with van der Waals surface area (Å²) in [5, 5.41) is 28.3. The first-order valence-electron chi connectivity index (χ1n) is 4.39. The summed E-state index contributed by atoms with van der Waals surface area (Å²) >= 11 is 0. The number of hydrogen-bond acceptors (Lipinski definition) is 3. The lowest BCUT2D eigenvalue weighted by atomic mass is 10.0. The lowest BCUT2D eigenvalue weighted by Gasteiger charge is -2.11. The van der Waals surface area contributed by atoms with Crippen molar-refractivity contribution in [3.8, 4) is 11.5 Å². The Bertz CT molecular complexity index is 318. The third kappa shape index (κ3) is 1.47. The summed E-state index contributed by atoms with van der Waals surface area (Å²) in [6, 6.07) is 4.66. The van der Waals surface area contributed by atoms with Gasteiger partial charge >= 0.3 is 0 Å².